The van der Waals surface area contributed by atoms with E-state index in [1.54, 1.807) is 0 Å². The van der Waals surface area contributed by atoms with Crippen LogP contribution in [0.4, 0.5) is 4.39 Å². The molecule has 132 valence electrons. The van der Waals surface area contributed by atoms with Crippen LogP contribution in [0.3, 0.4) is 0 Å². The molecule has 0 aromatic heterocycles. The highest BCUT2D eigenvalue weighted by atomic mass is 19.1. The van der Waals surface area contributed by atoms with Crippen LogP contribution in [0.2, 0.25) is 0 Å². The molecule has 1 aliphatic rings. The Labute approximate surface area is 154 Å². The molecular weight excluding hydrogens is 321 g/mol. The minimum Gasteiger partial charge on any atom is -0.299 e. The number of fused-ring (bicyclic) bond motifs is 1. The first-order chi connectivity index (χ1) is 12.8. The van der Waals surface area contributed by atoms with Crippen molar-refractivity contribution in [1.82, 2.24) is 4.90 Å². The lowest BCUT2D eigenvalue weighted by atomic mass is 9.97. The largest absolute Gasteiger partial charge is 0.299 e. The third-order valence-electron chi connectivity index (χ3n) is 5.28. The molecule has 3 aromatic carbocycles. The summed E-state index contributed by atoms with van der Waals surface area (Å²) in [5, 5.41) is 2.62. The number of halogens is 1. The zero-order valence-corrected chi connectivity index (χ0v) is 15.0. The van der Waals surface area contributed by atoms with E-state index in [1.165, 1.54) is 27.5 Å². The molecule has 0 amide bonds. The molecule has 0 N–H and O–H groups in total. The highest BCUT2D eigenvalue weighted by Crippen LogP contribution is 2.24. The Bertz CT molecular complexity index is 928. The first-order valence-electron chi connectivity index (χ1n) is 9.36. The molecule has 0 saturated heterocycles. The van der Waals surface area contributed by atoms with Gasteiger partial charge in [-0.25, -0.2) is 4.39 Å². The normalized spacial score (nSPS) is 15.2. The lowest BCUT2D eigenvalue weighted by Crippen LogP contribution is -2.30. The lowest BCUT2D eigenvalue weighted by molar-refractivity contribution is 0.306. The molecule has 0 aliphatic carbocycles. The molecule has 26 heavy (non-hydrogen) atoms. The Morgan fingerprint density at radius 3 is 2.54 bits per heavy atom. The van der Waals surface area contributed by atoms with Crippen LogP contribution in [0, 0.1) is 0 Å². The van der Waals surface area contributed by atoms with E-state index in [2.05, 4.69) is 59.5 Å². The highest BCUT2D eigenvalue weighted by molar-refractivity contribution is 5.83. The van der Waals surface area contributed by atoms with E-state index in [-0.39, 0.29) is 6.67 Å². The second-order valence-corrected chi connectivity index (χ2v) is 7.05. The van der Waals surface area contributed by atoms with Crippen molar-refractivity contribution >= 4 is 16.3 Å². The fourth-order valence-corrected chi connectivity index (χ4v) is 3.71. The summed E-state index contributed by atoms with van der Waals surface area (Å²) in [7, 11) is 0. The van der Waals surface area contributed by atoms with Gasteiger partial charge in [0.25, 0.3) is 0 Å². The van der Waals surface area contributed by atoms with E-state index >= 15 is 0 Å². The van der Waals surface area contributed by atoms with Gasteiger partial charge < -0.3 is 0 Å². The molecule has 0 unspecified atom stereocenters. The van der Waals surface area contributed by atoms with Gasteiger partial charge in [0.2, 0.25) is 0 Å². The molecule has 4 rings (SSSR count). The third kappa shape index (κ3) is 3.86. The SMILES string of the molecule is FCc1cccc(C2=CCN(CCc3ccc4ccccc4c3)CC2)c1. The van der Waals surface area contributed by atoms with Crippen LogP contribution >= 0.6 is 0 Å². The third-order valence-corrected chi connectivity index (χ3v) is 5.28. The number of hydrogen-bond donors (Lipinski definition) is 0. The van der Waals surface area contributed by atoms with Gasteiger partial charge in [-0.1, -0.05) is 66.7 Å². The van der Waals surface area contributed by atoms with Crippen LogP contribution in [0.5, 0.6) is 0 Å². The van der Waals surface area contributed by atoms with Gasteiger partial charge in [-0.3, -0.25) is 4.90 Å². The molecular formula is C24H24FN. The van der Waals surface area contributed by atoms with Crippen LogP contribution < -0.4 is 0 Å². The van der Waals surface area contributed by atoms with Crippen LogP contribution in [-0.2, 0) is 13.1 Å². The van der Waals surface area contributed by atoms with E-state index in [4.69, 9.17) is 0 Å². The first-order valence-corrected chi connectivity index (χ1v) is 9.36. The molecule has 0 fully saturated rings. The molecule has 0 bridgehead atoms. The minimum absolute atomic E-state index is 0.390. The summed E-state index contributed by atoms with van der Waals surface area (Å²) in [4.78, 5) is 2.50. The zero-order valence-electron chi connectivity index (χ0n) is 15.0. The first kappa shape index (κ1) is 17.0. The standard InChI is InChI=1S/C24H24FN/c25-18-20-4-3-7-24(17-20)22-11-14-26(15-12-22)13-10-19-8-9-21-5-1-2-6-23(21)16-19/h1-9,11,16-17H,10,12-15,18H2. The van der Waals surface area contributed by atoms with Crippen LogP contribution in [0.15, 0.2) is 72.8 Å². The fourth-order valence-electron chi connectivity index (χ4n) is 3.71. The Kier molecular flexibility index (Phi) is 5.12. The van der Waals surface area contributed by atoms with E-state index in [1.807, 2.05) is 18.2 Å². The molecule has 0 atom stereocenters. The van der Waals surface area contributed by atoms with Crippen molar-refractivity contribution in [3.63, 3.8) is 0 Å². The molecule has 2 heteroatoms. The van der Waals surface area contributed by atoms with Gasteiger partial charge in [-0.15, -0.1) is 0 Å². The summed E-state index contributed by atoms with van der Waals surface area (Å²) in [6.07, 6.45) is 4.42. The number of nitrogens with zero attached hydrogens (tertiary/aromatic N) is 1. The van der Waals surface area contributed by atoms with Crippen molar-refractivity contribution in [2.45, 2.75) is 19.5 Å². The Balaban J connectivity index is 1.37. The molecule has 0 radical (unpaired) electrons. The zero-order chi connectivity index (χ0) is 17.8. The number of benzene rings is 3. The van der Waals surface area contributed by atoms with Gasteiger partial charge in [-0.05, 0) is 51.9 Å². The van der Waals surface area contributed by atoms with Gasteiger partial charge in [0.1, 0.15) is 6.67 Å². The Morgan fingerprint density at radius 2 is 1.73 bits per heavy atom. The Hall–Kier alpha value is -2.45. The maximum atomic E-state index is 12.9. The number of rotatable bonds is 5. The van der Waals surface area contributed by atoms with Gasteiger partial charge in [0.05, 0.1) is 0 Å². The van der Waals surface area contributed by atoms with Gasteiger partial charge in [0.15, 0.2) is 0 Å². The van der Waals surface area contributed by atoms with Crippen molar-refractivity contribution in [1.29, 1.82) is 0 Å². The van der Waals surface area contributed by atoms with E-state index in [0.29, 0.717) is 0 Å². The predicted molar refractivity (Wildman–Crippen MR) is 108 cm³/mol. The van der Waals surface area contributed by atoms with Crippen LogP contribution in [0.1, 0.15) is 23.1 Å². The van der Waals surface area contributed by atoms with Crippen molar-refractivity contribution in [3.8, 4) is 0 Å². The van der Waals surface area contributed by atoms with E-state index in [0.717, 1.165) is 38.0 Å². The molecule has 0 spiro atoms. The van der Waals surface area contributed by atoms with E-state index < -0.39 is 0 Å². The summed E-state index contributed by atoms with van der Waals surface area (Å²) in [5.74, 6) is 0. The summed E-state index contributed by atoms with van der Waals surface area (Å²) in [6.45, 7) is 2.73. The molecule has 1 nitrogen and oxygen atoms in total. The van der Waals surface area contributed by atoms with Crippen LogP contribution in [-0.4, -0.2) is 24.5 Å². The van der Waals surface area contributed by atoms with Crippen molar-refractivity contribution in [2.75, 3.05) is 19.6 Å². The minimum atomic E-state index is -0.390. The second-order valence-electron chi connectivity index (χ2n) is 7.05. The summed E-state index contributed by atoms with van der Waals surface area (Å²) in [5.41, 5.74) is 4.69. The quantitative estimate of drug-likeness (QED) is 0.578. The summed E-state index contributed by atoms with van der Waals surface area (Å²) < 4.78 is 12.9. The second kappa shape index (κ2) is 7.84. The predicted octanol–water partition coefficient (Wildman–Crippen LogP) is 5.64. The lowest BCUT2D eigenvalue weighted by Gasteiger charge is -2.26. The average Bonchev–Trinajstić information content (AvgIpc) is 2.72. The number of hydrogen-bond acceptors (Lipinski definition) is 1. The van der Waals surface area contributed by atoms with E-state index in [9.17, 15) is 4.39 Å². The summed E-state index contributed by atoms with van der Waals surface area (Å²) >= 11 is 0. The van der Waals surface area contributed by atoms with Gasteiger partial charge in [-0.2, -0.15) is 0 Å². The van der Waals surface area contributed by atoms with Crippen LogP contribution in [0.25, 0.3) is 16.3 Å². The average molecular weight is 345 g/mol. The summed E-state index contributed by atoms with van der Waals surface area (Å²) in [6, 6.07) is 23.2. The molecule has 1 aliphatic heterocycles. The smallest absolute Gasteiger partial charge is 0.115 e. The molecule has 0 saturated carbocycles. The molecule has 3 aromatic rings. The van der Waals surface area contributed by atoms with Gasteiger partial charge >= 0.3 is 0 Å². The van der Waals surface area contributed by atoms with Gasteiger partial charge in [0, 0.05) is 19.6 Å². The number of alkyl halides is 1. The molecule has 1 heterocycles. The Morgan fingerprint density at radius 1 is 0.846 bits per heavy atom. The van der Waals surface area contributed by atoms with Crippen molar-refractivity contribution in [2.24, 2.45) is 0 Å². The van der Waals surface area contributed by atoms with Crippen molar-refractivity contribution < 1.29 is 4.39 Å². The fraction of sp³-hybridized carbons (Fsp3) is 0.250. The topological polar surface area (TPSA) is 3.24 Å². The highest BCUT2D eigenvalue weighted by Gasteiger charge is 2.13. The van der Waals surface area contributed by atoms with Crippen molar-refractivity contribution in [3.05, 3.63) is 89.5 Å². The maximum absolute atomic E-state index is 12.9. The maximum Gasteiger partial charge on any atom is 0.115 e. The monoisotopic (exact) mass is 345 g/mol.